The second-order valence-corrected chi connectivity index (χ2v) is 10.3. The normalized spacial score (nSPS) is 17.7. The van der Waals surface area contributed by atoms with Crippen LogP contribution in [0.4, 0.5) is 0 Å². The molecule has 0 unspecified atom stereocenters. The van der Waals surface area contributed by atoms with E-state index in [1.165, 1.54) is 0 Å². The fraction of sp³-hybridized carbons (Fsp3) is 0.435. The molecule has 0 saturated carbocycles. The molecule has 1 saturated heterocycles. The Bertz CT molecular complexity index is 952. The first kappa shape index (κ1) is 22.2. The Morgan fingerprint density at radius 2 is 1.70 bits per heavy atom. The smallest absolute Gasteiger partial charge is 0.254 e. The second-order valence-electron chi connectivity index (χ2n) is 8.07. The van der Waals surface area contributed by atoms with Crippen LogP contribution in [0.15, 0.2) is 48.5 Å². The van der Waals surface area contributed by atoms with Crippen LogP contribution in [0.25, 0.3) is 0 Å². The van der Waals surface area contributed by atoms with Gasteiger partial charge < -0.3 is 14.4 Å². The van der Waals surface area contributed by atoms with Gasteiger partial charge in [0.15, 0.2) is 9.84 Å². The Labute approximate surface area is 178 Å². The summed E-state index contributed by atoms with van der Waals surface area (Å²) in [6.45, 7) is 5.10. The number of hydrogen-bond acceptors (Lipinski definition) is 5. The molecule has 0 aliphatic carbocycles. The standard InChI is InChI=1S/C23H29NO5S/c1-17(2)15-29-22-10-6-19(7-11-22)23(25)24(20-12-13-30(26,27)16-20)14-18-4-8-21(28-3)9-5-18/h4-11,17,20H,12-16H2,1-3H3/t20-/m0/s1. The van der Waals surface area contributed by atoms with Crippen LogP contribution in [-0.2, 0) is 16.4 Å². The fourth-order valence-corrected chi connectivity index (χ4v) is 5.17. The second kappa shape index (κ2) is 9.51. The van der Waals surface area contributed by atoms with Gasteiger partial charge in [-0.2, -0.15) is 0 Å². The number of nitrogens with zero attached hydrogens (tertiary/aromatic N) is 1. The largest absolute Gasteiger partial charge is 0.497 e. The molecule has 7 heteroatoms. The Balaban J connectivity index is 1.80. The van der Waals surface area contributed by atoms with Crippen LogP contribution in [0, 0.1) is 5.92 Å². The van der Waals surface area contributed by atoms with Crippen LogP contribution in [-0.4, -0.2) is 50.5 Å². The van der Waals surface area contributed by atoms with Crippen molar-refractivity contribution in [2.75, 3.05) is 25.2 Å². The molecule has 0 spiro atoms. The predicted octanol–water partition coefficient (Wildman–Crippen LogP) is 3.56. The first-order valence-corrected chi connectivity index (χ1v) is 12.0. The quantitative estimate of drug-likeness (QED) is 0.639. The van der Waals surface area contributed by atoms with Gasteiger partial charge >= 0.3 is 0 Å². The molecular weight excluding hydrogens is 402 g/mol. The average Bonchev–Trinajstić information content (AvgIpc) is 3.10. The highest BCUT2D eigenvalue weighted by Gasteiger charge is 2.35. The molecule has 0 radical (unpaired) electrons. The molecule has 2 aromatic rings. The number of carbonyl (C=O) groups excluding carboxylic acids is 1. The van der Waals surface area contributed by atoms with Crippen molar-refractivity contribution in [2.24, 2.45) is 5.92 Å². The fourth-order valence-electron chi connectivity index (χ4n) is 3.44. The van der Waals surface area contributed by atoms with Crippen LogP contribution in [0.1, 0.15) is 36.2 Å². The summed E-state index contributed by atoms with van der Waals surface area (Å²) in [5.74, 6) is 1.80. The Kier molecular flexibility index (Phi) is 7.02. The first-order chi connectivity index (χ1) is 14.3. The lowest BCUT2D eigenvalue weighted by atomic mass is 10.1. The number of amides is 1. The van der Waals surface area contributed by atoms with Crippen molar-refractivity contribution in [1.29, 1.82) is 0 Å². The maximum Gasteiger partial charge on any atom is 0.254 e. The minimum absolute atomic E-state index is 0.00444. The van der Waals surface area contributed by atoms with E-state index in [0.717, 1.165) is 11.3 Å². The first-order valence-electron chi connectivity index (χ1n) is 10.1. The third-order valence-corrected chi connectivity index (χ3v) is 6.86. The van der Waals surface area contributed by atoms with Crippen LogP contribution >= 0.6 is 0 Å². The van der Waals surface area contributed by atoms with Crippen LogP contribution in [0.3, 0.4) is 0 Å². The molecule has 0 bridgehead atoms. The highest BCUT2D eigenvalue weighted by molar-refractivity contribution is 7.91. The topological polar surface area (TPSA) is 72.9 Å². The third-order valence-electron chi connectivity index (χ3n) is 5.11. The maximum atomic E-state index is 13.3. The van der Waals surface area contributed by atoms with Crippen molar-refractivity contribution in [2.45, 2.75) is 32.9 Å². The number of hydrogen-bond donors (Lipinski definition) is 0. The summed E-state index contributed by atoms with van der Waals surface area (Å²) >= 11 is 0. The lowest BCUT2D eigenvalue weighted by molar-refractivity contribution is 0.0681. The average molecular weight is 432 g/mol. The van der Waals surface area contributed by atoms with Crippen LogP contribution in [0.2, 0.25) is 0 Å². The Morgan fingerprint density at radius 1 is 1.07 bits per heavy atom. The van der Waals surface area contributed by atoms with Gasteiger partial charge in [0, 0.05) is 18.2 Å². The number of rotatable bonds is 8. The van der Waals surface area contributed by atoms with E-state index < -0.39 is 9.84 Å². The van der Waals surface area contributed by atoms with Crippen molar-refractivity contribution in [3.8, 4) is 11.5 Å². The summed E-state index contributed by atoms with van der Waals surface area (Å²) in [6, 6.07) is 14.2. The van der Waals surface area contributed by atoms with Gasteiger partial charge in [-0.1, -0.05) is 26.0 Å². The summed E-state index contributed by atoms with van der Waals surface area (Å²) in [5, 5.41) is 0. The zero-order chi connectivity index (χ0) is 21.7. The van der Waals surface area contributed by atoms with Crippen molar-refractivity contribution < 1.29 is 22.7 Å². The van der Waals surface area contributed by atoms with E-state index in [1.807, 2.05) is 24.3 Å². The van der Waals surface area contributed by atoms with Gasteiger partial charge in [0.2, 0.25) is 0 Å². The number of carbonyl (C=O) groups is 1. The van der Waals surface area contributed by atoms with Crippen LogP contribution < -0.4 is 9.47 Å². The Hall–Kier alpha value is -2.54. The number of sulfone groups is 1. The summed E-state index contributed by atoms with van der Waals surface area (Å²) < 4.78 is 35.0. The number of ether oxygens (including phenoxy) is 2. The summed E-state index contributed by atoms with van der Waals surface area (Å²) in [4.78, 5) is 15.0. The monoisotopic (exact) mass is 431 g/mol. The van der Waals surface area contributed by atoms with E-state index in [2.05, 4.69) is 13.8 Å². The molecule has 1 atom stereocenters. The lowest BCUT2D eigenvalue weighted by Gasteiger charge is -2.28. The molecule has 1 heterocycles. The molecule has 1 aliphatic heterocycles. The van der Waals surface area contributed by atoms with E-state index >= 15 is 0 Å². The minimum atomic E-state index is -3.12. The lowest BCUT2D eigenvalue weighted by Crippen LogP contribution is -2.40. The Morgan fingerprint density at radius 3 is 2.23 bits per heavy atom. The van der Waals surface area contributed by atoms with E-state index in [4.69, 9.17) is 9.47 Å². The molecule has 6 nitrogen and oxygen atoms in total. The van der Waals surface area contributed by atoms with Gasteiger partial charge in [-0.05, 0) is 54.3 Å². The molecule has 30 heavy (non-hydrogen) atoms. The van der Waals surface area contributed by atoms with Gasteiger partial charge in [-0.15, -0.1) is 0 Å². The highest BCUT2D eigenvalue weighted by atomic mass is 32.2. The molecule has 3 rings (SSSR count). The van der Waals surface area contributed by atoms with Gasteiger partial charge in [0.25, 0.3) is 5.91 Å². The van der Waals surface area contributed by atoms with Crippen molar-refractivity contribution in [1.82, 2.24) is 4.90 Å². The molecule has 1 aliphatic rings. The summed E-state index contributed by atoms with van der Waals surface area (Å²) in [6.07, 6.45) is 0.458. The van der Waals surface area contributed by atoms with Crippen molar-refractivity contribution >= 4 is 15.7 Å². The minimum Gasteiger partial charge on any atom is -0.497 e. The molecule has 2 aromatic carbocycles. The number of methoxy groups -OCH3 is 1. The molecule has 1 amide bonds. The van der Waals surface area contributed by atoms with Gasteiger partial charge in [-0.3, -0.25) is 4.79 Å². The summed E-state index contributed by atoms with van der Waals surface area (Å²) in [7, 11) is -1.52. The zero-order valence-corrected chi connectivity index (χ0v) is 18.5. The molecule has 0 N–H and O–H groups in total. The molecule has 0 aromatic heterocycles. The van der Waals surface area contributed by atoms with Gasteiger partial charge in [0.1, 0.15) is 11.5 Å². The zero-order valence-electron chi connectivity index (χ0n) is 17.7. The van der Waals surface area contributed by atoms with Crippen molar-refractivity contribution in [3.05, 3.63) is 59.7 Å². The SMILES string of the molecule is COc1ccc(CN(C(=O)c2ccc(OCC(C)C)cc2)[C@H]2CCS(=O)(=O)C2)cc1. The molecule has 162 valence electrons. The van der Waals surface area contributed by atoms with E-state index in [0.29, 0.717) is 36.8 Å². The predicted molar refractivity (Wildman–Crippen MR) is 117 cm³/mol. The van der Waals surface area contributed by atoms with Crippen LogP contribution in [0.5, 0.6) is 11.5 Å². The molecule has 1 fully saturated rings. The van der Waals surface area contributed by atoms with Gasteiger partial charge in [0.05, 0.1) is 25.2 Å². The maximum absolute atomic E-state index is 13.3. The van der Waals surface area contributed by atoms with E-state index in [1.54, 1.807) is 36.3 Å². The highest BCUT2D eigenvalue weighted by Crippen LogP contribution is 2.24. The number of benzene rings is 2. The van der Waals surface area contributed by atoms with E-state index in [9.17, 15) is 13.2 Å². The molecular formula is C23H29NO5S. The summed E-state index contributed by atoms with van der Waals surface area (Å²) in [5.41, 5.74) is 1.44. The van der Waals surface area contributed by atoms with E-state index in [-0.39, 0.29) is 23.5 Å². The van der Waals surface area contributed by atoms with Crippen molar-refractivity contribution in [3.63, 3.8) is 0 Å². The third kappa shape index (κ3) is 5.75. The van der Waals surface area contributed by atoms with Gasteiger partial charge in [-0.25, -0.2) is 8.42 Å².